The van der Waals surface area contributed by atoms with Crippen molar-refractivity contribution in [3.8, 4) is 0 Å². The lowest BCUT2D eigenvalue weighted by Gasteiger charge is -2.21. The van der Waals surface area contributed by atoms with Crippen molar-refractivity contribution < 1.29 is 19.1 Å². The van der Waals surface area contributed by atoms with Crippen molar-refractivity contribution in [2.24, 2.45) is 0 Å². The molecule has 0 aliphatic carbocycles. The van der Waals surface area contributed by atoms with Gasteiger partial charge in [-0.1, -0.05) is 0 Å². The van der Waals surface area contributed by atoms with E-state index in [4.69, 9.17) is 12.2 Å². The molecule has 1 N–H and O–H groups in total. The van der Waals surface area contributed by atoms with Gasteiger partial charge in [0.05, 0.1) is 13.5 Å². The van der Waals surface area contributed by atoms with Crippen molar-refractivity contribution in [3.63, 3.8) is 0 Å². The number of nitrogens with one attached hydrogen (secondary N) is 1. The molecule has 0 spiro atoms. The Morgan fingerprint density at radius 1 is 1.33 bits per heavy atom. The molecule has 7 nitrogen and oxygen atoms in total. The number of methoxy groups -OCH3 is 1. The fourth-order valence-corrected chi connectivity index (χ4v) is 2.92. The molecule has 24 heavy (non-hydrogen) atoms. The van der Waals surface area contributed by atoms with E-state index in [1.165, 1.54) is 24.0 Å². The van der Waals surface area contributed by atoms with Crippen LogP contribution in [0.15, 0.2) is 24.3 Å². The normalized spacial score (nSPS) is 17.2. The summed E-state index contributed by atoms with van der Waals surface area (Å²) in [7, 11) is 2.78. The van der Waals surface area contributed by atoms with Gasteiger partial charge in [0.1, 0.15) is 12.6 Å². The van der Waals surface area contributed by atoms with Crippen molar-refractivity contribution in [2.75, 3.05) is 26.0 Å². The molecular weight excluding hydrogens is 445 g/mol. The van der Waals surface area contributed by atoms with Gasteiger partial charge >= 0.3 is 5.97 Å². The van der Waals surface area contributed by atoms with Gasteiger partial charge in [0.2, 0.25) is 5.91 Å². The fourth-order valence-electron chi connectivity index (χ4n) is 2.28. The van der Waals surface area contributed by atoms with E-state index in [1.54, 1.807) is 12.1 Å². The van der Waals surface area contributed by atoms with Crippen LogP contribution < -0.4 is 5.32 Å². The minimum absolute atomic E-state index is 0.105. The standard InChI is InChI=1S/C15H16IN3O4S/c1-18-14(22)11(19(15(18)24)8-13(21)23-2)7-12(20)17-10-5-3-9(16)4-6-10/h3-6,11H,7-8H2,1-2H3,(H,17,20). The molecule has 1 aromatic rings. The second kappa shape index (κ2) is 7.88. The van der Waals surface area contributed by atoms with Gasteiger partial charge in [-0.15, -0.1) is 0 Å². The number of carbonyl (C=O) groups excluding carboxylic acids is 3. The Morgan fingerprint density at radius 3 is 2.54 bits per heavy atom. The van der Waals surface area contributed by atoms with Gasteiger partial charge in [-0.05, 0) is 59.1 Å². The number of rotatable bonds is 5. The van der Waals surface area contributed by atoms with Crippen LogP contribution in [0, 0.1) is 3.57 Å². The van der Waals surface area contributed by atoms with Crippen LogP contribution in [0.1, 0.15) is 6.42 Å². The minimum Gasteiger partial charge on any atom is -0.468 e. The van der Waals surface area contributed by atoms with Gasteiger partial charge in [-0.2, -0.15) is 0 Å². The first-order chi connectivity index (χ1) is 11.3. The second-order valence-corrected chi connectivity index (χ2v) is 6.77. The third-order valence-electron chi connectivity index (χ3n) is 3.56. The summed E-state index contributed by atoms with van der Waals surface area (Å²) in [4.78, 5) is 38.7. The van der Waals surface area contributed by atoms with E-state index in [9.17, 15) is 14.4 Å². The largest absolute Gasteiger partial charge is 0.468 e. The molecule has 1 aromatic carbocycles. The summed E-state index contributed by atoms with van der Waals surface area (Å²) in [5.41, 5.74) is 0.640. The lowest BCUT2D eigenvalue weighted by Crippen LogP contribution is -2.41. The van der Waals surface area contributed by atoms with Crippen LogP contribution in [-0.4, -0.2) is 59.4 Å². The van der Waals surface area contributed by atoms with Gasteiger partial charge in [0, 0.05) is 16.3 Å². The molecule has 1 heterocycles. The Kier molecular flexibility index (Phi) is 6.10. The second-order valence-electron chi connectivity index (χ2n) is 5.16. The Morgan fingerprint density at radius 2 is 1.96 bits per heavy atom. The molecule has 1 atom stereocenters. The summed E-state index contributed by atoms with van der Waals surface area (Å²) < 4.78 is 5.67. The first-order valence-corrected chi connectivity index (χ1v) is 8.52. The molecule has 0 saturated carbocycles. The molecule has 2 amide bonds. The molecule has 0 aromatic heterocycles. The van der Waals surface area contributed by atoms with Crippen LogP contribution in [0.2, 0.25) is 0 Å². The Balaban J connectivity index is 2.08. The van der Waals surface area contributed by atoms with Gasteiger partial charge < -0.3 is 15.0 Å². The summed E-state index contributed by atoms with van der Waals surface area (Å²) in [5, 5.41) is 2.94. The SMILES string of the molecule is COC(=O)CN1C(=S)N(C)C(=O)C1CC(=O)Nc1ccc(I)cc1. The summed E-state index contributed by atoms with van der Waals surface area (Å²) >= 11 is 7.34. The highest BCUT2D eigenvalue weighted by atomic mass is 127. The smallest absolute Gasteiger partial charge is 0.325 e. The van der Waals surface area contributed by atoms with Gasteiger partial charge in [0.15, 0.2) is 5.11 Å². The van der Waals surface area contributed by atoms with E-state index in [-0.39, 0.29) is 29.9 Å². The number of halogens is 1. The van der Waals surface area contributed by atoms with Crippen LogP contribution in [0.25, 0.3) is 0 Å². The van der Waals surface area contributed by atoms with E-state index in [1.807, 2.05) is 12.1 Å². The zero-order valence-corrected chi connectivity index (χ0v) is 16.1. The highest BCUT2D eigenvalue weighted by Crippen LogP contribution is 2.20. The molecule has 1 saturated heterocycles. The van der Waals surface area contributed by atoms with E-state index in [0.717, 1.165) is 3.57 Å². The summed E-state index contributed by atoms with van der Waals surface area (Å²) in [6, 6.07) is 6.47. The van der Waals surface area contributed by atoms with Gasteiger partial charge in [-0.25, -0.2) is 0 Å². The zero-order chi connectivity index (χ0) is 17.9. The third kappa shape index (κ3) is 4.20. The van der Waals surface area contributed by atoms with Crippen molar-refractivity contribution in [1.29, 1.82) is 0 Å². The molecule has 1 aliphatic heterocycles. The maximum absolute atomic E-state index is 12.3. The number of nitrogens with zero attached hydrogens (tertiary/aromatic N) is 2. The Hall–Kier alpha value is -1.75. The average molecular weight is 461 g/mol. The van der Waals surface area contributed by atoms with Crippen molar-refractivity contribution >= 4 is 63.4 Å². The highest BCUT2D eigenvalue weighted by molar-refractivity contribution is 14.1. The molecule has 1 fully saturated rings. The van der Waals surface area contributed by atoms with E-state index >= 15 is 0 Å². The average Bonchev–Trinajstić information content (AvgIpc) is 2.75. The number of ether oxygens (including phenoxy) is 1. The predicted octanol–water partition coefficient (Wildman–Crippen LogP) is 1.22. The molecular formula is C15H16IN3O4S. The van der Waals surface area contributed by atoms with E-state index in [2.05, 4.69) is 32.6 Å². The van der Waals surface area contributed by atoms with Gasteiger partial charge in [0.25, 0.3) is 5.91 Å². The molecule has 1 unspecified atom stereocenters. The maximum Gasteiger partial charge on any atom is 0.325 e. The third-order valence-corrected chi connectivity index (χ3v) is 4.79. The first kappa shape index (κ1) is 18.6. The van der Waals surface area contributed by atoms with Crippen molar-refractivity contribution in [2.45, 2.75) is 12.5 Å². The maximum atomic E-state index is 12.3. The fraction of sp³-hybridized carbons (Fsp3) is 0.333. The topological polar surface area (TPSA) is 79.0 Å². The van der Waals surface area contributed by atoms with Crippen LogP contribution in [0.5, 0.6) is 0 Å². The molecule has 9 heteroatoms. The van der Waals surface area contributed by atoms with Crippen LogP contribution in [0.3, 0.4) is 0 Å². The summed E-state index contributed by atoms with van der Waals surface area (Å²) in [6.07, 6.45) is -0.105. The lowest BCUT2D eigenvalue weighted by atomic mass is 10.1. The number of anilines is 1. The summed E-state index contributed by atoms with van der Waals surface area (Å²) in [6.45, 7) is -0.174. The van der Waals surface area contributed by atoms with Gasteiger partial charge in [-0.3, -0.25) is 19.3 Å². The molecule has 1 aliphatic rings. The Labute approximate surface area is 158 Å². The number of likely N-dealkylation sites (N-methyl/N-ethyl adjacent to an activating group) is 1. The number of thiocarbonyl (C=S) groups is 1. The van der Waals surface area contributed by atoms with Crippen molar-refractivity contribution in [1.82, 2.24) is 9.80 Å². The van der Waals surface area contributed by atoms with Crippen LogP contribution in [-0.2, 0) is 19.1 Å². The molecule has 0 bridgehead atoms. The molecule has 128 valence electrons. The minimum atomic E-state index is -0.814. The number of hydrogen-bond donors (Lipinski definition) is 1. The Bertz CT molecular complexity index is 680. The number of benzene rings is 1. The zero-order valence-electron chi connectivity index (χ0n) is 13.1. The van der Waals surface area contributed by atoms with E-state index < -0.39 is 12.0 Å². The monoisotopic (exact) mass is 461 g/mol. The number of esters is 1. The number of carbonyl (C=O) groups is 3. The van der Waals surface area contributed by atoms with Crippen LogP contribution in [0.4, 0.5) is 5.69 Å². The predicted molar refractivity (Wildman–Crippen MR) is 100 cm³/mol. The van der Waals surface area contributed by atoms with Crippen LogP contribution >= 0.6 is 34.8 Å². The number of hydrogen-bond acceptors (Lipinski definition) is 5. The first-order valence-electron chi connectivity index (χ1n) is 7.04. The van der Waals surface area contributed by atoms with E-state index in [0.29, 0.717) is 5.69 Å². The summed E-state index contributed by atoms with van der Waals surface area (Å²) in [5.74, 6) is -1.17. The molecule has 0 radical (unpaired) electrons. The highest BCUT2D eigenvalue weighted by Gasteiger charge is 2.42. The van der Waals surface area contributed by atoms with Crippen molar-refractivity contribution in [3.05, 3.63) is 27.8 Å². The number of amides is 2. The quantitative estimate of drug-likeness (QED) is 0.404. The molecule has 2 rings (SSSR count). The lowest BCUT2D eigenvalue weighted by molar-refractivity contribution is -0.141.